The Hall–Kier alpha value is -1.99. The summed E-state index contributed by atoms with van der Waals surface area (Å²) in [5.41, 5.74) is 1.78. The summed E-state index contributed by atoms with van der Waals surface area (Å²) in [5, 5.41) is 0. The third-order valence-corrected chi connectivity index (χ3v) is 4.96. The van der Waals surface area contributed by atoms with Crippen LogP contribution in [0.2, 0.25) is 0 Å². The van der Waals surface area contributed by atoms with Gasteiger partial charge in [0.2, 0.25) is 0 Å². The maximum absolute atomic E-state index is 11.7. The summed E-state index contributed by atoms with van der Waals surface area (Å²) in [5.74, 6) is 1.69. The zero-order valence-corrected chi connectivity index (χ0v) is 17.6. The van der Waals surface area contributed by atoms with Crippen molar-refractivity contribution in [2.24, 2.45) is 0 Å². The van der Waals surface area contributed by atoms with Crippen molar-refractivity contribution in [2.75, 3.05) is 19.5 Å². The van der Waals surface area contributed by atoms with Crippen LogP contribution in [0.1, 0.15) is 18.1 Å². The molecule has 0 saturated carbocycles. The number of benzene rings is 2. The summed E-state index contributed by atoms with van der Waals surface area (Å²) >= 11 is 4.91. The monoisotopic (exact) mass is 452 g/mol. The average molecular weight is 453 g/mol. The number of hydrogen-bond acceptors (Lipinski definition) is 6. The van der Waals surface area contributed by atoms with Gasteiger partial charge < -0.3 is 14.2 Å². The van der Waals surface area contributed by atoms with Gasteiger partial charge >= 0.3 is 11.9 Å². The molecule has 0 N–H and O–H groups in total. The molecule has 0 aromatic heterocycles. The maximum Gasteiger partial charge on any atom is 0.315 e. The lowest BCUT2D eigenvalue weighted by molar-refractivity contribution is -0.142. The van der Waals surface area contributed by atoms with E-state index < -0.39 is 0 Å². The van der Waals surface area contributed by atoms with Gasteiger partial charge in [-0.1, -0.05) is 28.1 Å². The summed E-state index contributed by atoms with van der Waals surface area (Å²) in [6.07, 6.45) is 0.202. The van der Waals surface area contributed by atoms with Gasteiger partial charge in [-0.3, -0.25) is 9.59 Å². The number of esters is 2. The fourth-order valence-corrected chi connectivity index (χ4v) is 3.53. The van der Waals surface area contributed by atoms with Crippen molar-refractivity contribution in [2.45, 2.75) is 19.1 Å². The molecule has 0 aliphatic rings. The van der Waals surface area contributed by atoms with Crippen molar-refractivity contribution in [3.63, 3.8) is 0 Å². The van der Waals surface area contributed by atoms with Gasteiger partial charge in [0.25, 0.3) is 0 Å². The van der Waals surface area contributed by atoms with Gasteiger partial charge in [-0.05, 0) is 42.8 Å². The lowest BCUT2D eigenvalue weighted by atomic mass is 10.1. The van der Waals surface area contributed by atoms with Crippen LogP contribution in [0.4, 0.5) is 0 Å². The summed E-state index contributed by atoms with van der Waals surface area (Å²) in [6, 6.07) is 13.1. The van der Waals surface area contributed by atoms with Crippen molar-refractivity contribution in [3.8, 4) is 11.5 Å². The van der Waals surface area contributed by atoms with E-state index in [1.807, 2.05) is 42.5 Å². The van der Waals surface area contributed by atoms with E-state index in [0.29, 0.717) is 23.9 Å². The fourth-order valence-electron chi connectivity index (χ4n) is 2.29. The first kappa shape index (κ1) is 21.3. The molecule has 5 nitrogen and oxygen atoms in total. The molecule has 0 saturated heterocycles. The summed E-state index contributed by atoms with van der Waals surface area (Å²) in [6.45, 7) is 2.14. The highest BCUT2D eigenvalue weighted by atomic mass is 79.9. The first-order valence-corrected chi connectivity index (χ1v) is 10.3. The van der Waals surface area contributed by atoms with E-state index in [2.05, 4.69) is 20.7 Å². The number of methoxy groups -OCH3 is 1. The number of rotatable bonds is 9. The van der Waals surface area contributed by atoms with E-state index in [4.69, 9.17) is 9.47 Å². The van der Waals surface area contributed by atoms with E-state index in [1.165, 1.54) is 18.9 Å². The zero-order valence-electron chi connectivity index (χ0n) is 15.2. The van der Waals surface area contributed by atoms with E-state index in [-0.39, 0.29) is 24.1 Å². The smallest absolute Gasteiger partial charge is 0.315 e. The molecular formula is C20H21BrO5S. The minimum atomic E-state index is -0.266. The molecular weight excluding hydrogens is 432 g/mol. The molecule has 0 spiro atoms. The number of thioether (sulfide) groups is 1. The average Bonchev–Trinajstić information content (AvgIpc) is 2.64. The van der Waals surface area contributed by atoms with Crippen LogP contribution in [0, 0.1) is 0 Å². The third-order valence-electron chi connectivity index (χ3n) is 3.51. The molecule has 27 heavy (non-hydrogen) atoms. The summed E-state index contributed by atoms with van der Waals surface area (Å²) in [7, 11) is 1.37. The number of ether oxygens (including phenoxy) is 3. The second kappa shape index (κ2) is 11.0. The van der Waals surface area contributed by atoms with Gasteiger partial charge in [0.05, 0.1) is 25.9 Å². The molecule has 2 aromatic rings. The van der Waals surface area contributed by atoms with Crippen LogP contribution in [0.15, 0.2) is 46.9 Å². The number of carbonyl (C=O) groups is 2. The molecule has 0 aliphatic heterocycles. The van der Waals surface area contributed by atoms with Gasteiger partial charge in [-0.15, -0.1) is 11.8 Å². The molecule has 0 heterocycles. The highest BCUT2D eigenvalue weighted by Gasteiger charge is 2.10. The Kier molecular flexibility index (Phi) is 8.67. The van der Waals surface area contributed by atoms with E-state index in [9.17, 15) is 9.59 Å². The Morgan fingerprint density at radius 1 is 1.11 bits per heavy atom. The van der Waals surface area contributed by atoms with Crippen molar-refractivity contribution in [3.05, 3.63) is 58.1 Å². The summed E-state index contributed by atoms with van der Waals surface area (Å²) in [4.78, 5) is 23.0. The highest BCUT2D eigenvalue weighted by Crippen LogP contribution is 2.31. The largest absolute Gasteiger partial charge is 0.468 e. The number of halogens is 1. The van der Waals surface area contributed by atoms with E-state index >= 15 is 0 Å². The van der Waals surface area contributed by atoms with Crippen molar-refractivity contribution in [1.82, 2.24) is 0 Å². The first-order chi connectivity index (χ1) is 13.0. The van der Waals surface area contributed by atoms with Crippen LogP contribution in [0.5, 0.6) is 11.5 Å². The van der Waals surface area contributed by atoms with Crippen molar-refractivity contribution < 1.29 is 23.8 Å². The van der Waals surface area contributed by atoms with Crippen molar-refractivity contribution >= 4 is 39.6 Å². The van der Waals surface area contributed by atoms with E-state index in [1.54, 1.807) is 6.92 Å². The lowest BCUT2D eigenvalue weighted by Gasteiger charge is -2.12. The SMILES string of the molecule is CCOC(=O)Cc1cccc(Oc2ccc(Br)cc2CSCC(=O)OC)c1. The van der Waals surface area contributed by atoms with Crippen LogP contribution in [-0.4, -0.2) is 31.4 Å². The highest BCUT2D eigenvalue weighted by molar-refractivity contribution is 9.10. The minimum absolute atomic E-state index is 0.202. The van der Waals surface area contributed by atoms with Crippen LogP contribution in [0.3, 0.4) is 0 Å². The molecule has 0 atom stereocenters. The topological polar surface area (TPSA) is 61.8 Å². The second-order valence-corrected chi connectivity index (χ2v) is 7.45. The van der Waals surface area contributed by atoms with Gasteiger partial charge in [0.15, 0.2) is 0 Å². The van der Waals surface area contributed by atoms with Gasteiger partial charge in [-0.25, -0.2) is 0 Å². The number of carbonyl (C=O) groups excluding carboxylic acids is 2. The molecule has 0 amide bonds. The van der Waals surface area contributed by atoms with Gasteiger partial charge in [0.1, 0.15) is 11.5 Å². The van der Waals surface area contributed by atoms with Crippen LogP contribution < -0.4 is 4.74 Å². The molecule has 0 bridgehead atoms. The molecule has 0 aliphatic carbocycles. The van der Waals surface area contributed by atoms with Gasteiger partial charge in [-0.2, -0.15) is 0 Å². The first-order valence-electron chi connectivity index (χ1n) is 8.37. The maximum atomic E-state index is 11.7. The minimum Gasteiger partial charge on any atom is -0.468 e. The predicted octanol–water partition coefficient (Wildman–Crippen LogP) is 4.75. The number of hydrogen-bond donors (Lipinski definition) is 0. The summed E-state index contributed by atoms with van der Waals surface area (Å²) < 4.78 is 16.6. The standard InChI is InChI=1S/C20H21BrO5S/c1-3-25-19(22)10-14-5-4-6-17(9-14)26-18-8-7-16(21)11-15(18)12-27-13-20(23)24-2/h4-9,11H,3,10,12-13H2,1-2H3. The molecule has 2 rings (SSSR count). The fraction of sp³-hybridized carbons (Fsp3) is 0.300. The van der Waals surface area contributed by atoms with Gasteiger partial charge in [0, 0.05) is 15.8 Å². The molecule has 144 valence electrons. The normalized spacial score (nSPS) is 10.3. The Labute approximate surface area is 171 Å². The third kappa shape index (κ3) is 7.27. The Bertz CT molecular complexity index is 794. The Morgan fingerprint density at radius 2 is 1.93 bits per heavy atom. The van der Waals surface area contributed by atoms with Crippen LogP contribution in [0.25, 0.3) is 0 Å². The van der Waals surface area contributed by atoms with E-state index in [0.717, 1.165) is 15.6 Å². The Balaban J connectivity index is 2.10. The zero-order chi connectivity index (χ0) is 19.6. The quantitative estimate of drug-likeness (QED) is 0.511. The molecule has 7 heteroatoms. The molecule has 0 unspecified atom stereocenters. The van der Waals surface area contributed by atoms with Crippen LogP contribution in [-0.2, 0) is 31.2 Å². The second-order valence-electron chi connectivity index (χ2n) is 5.55. The molecule has 2 aromatic carbocycles. The van der Waals surface area contributed by atoms with Crippen LogP contribution >= 0.6 is 27.7 Å². The predicted molar refractivity (Wildman–Crippen MR) is 109 cm³/mol. The lowest BCUT2D eigenvalue weighted by Crippen LogP contribution is -2.07. The van der Waals surface area contributed by atoms with Crippen molar-refractivity contribution in [1.29, 1.82) is 0 Å². The Morgan fingerprint density at radius 3 is 2.67 bits per heavy atom. The molecule has 0 radical (unpaired) electrons. The molecule has 0 fully saturated rings.